The summed E-state index contributed by atoms with van der Waals surface area (Å²) in [5.74, 6) is -0.230. The molecule has 104 valence electrons. The van der Waals surface area contributed by atoms with Gasteiger partial charge in [-0.05, 0) is 24.3 Å². The highest BCUT2D eigenvalue weighted by atomic mass is 16.2. The first-order valence-corrected chi connectivity index (χ1v) is 6.24. The quantitative estimate of drug-likeness (QED) is 0.767. The average molecular weight is 263 g/mol. The van der Waals surface area contributed by atoms with Crippen molar-refractivity contribution >= 4 is 17.5 Å². The molecular formula is C14H21N3O2. The van der Waals surface area contributed by atoms with Gasteiger partial charge in [-0.1, -0.05) is 20.8 Å². The number of hydrogen-bond acceptors (Lipinski definition) is 3. The lowest BCUT2D eigenvalue weighted by Gasteiger charge is -2.17. The molecule has 0 radical (unpaired) electrons. The number of nitrogens with two attached hydrogens (primary N) is 1. The largest absolute Gasteiger partial charge is 0.351 e. The Morgan fingerprint density at radius 1 is 1.16 bits per heavy atom. The highest BCUT2D eigenvalue weighted by molar-refractivity contribution is 5.97. The van der Waals surface area contributed by atoms with Gasteiger partial charge >= 0.3 is 0 Å². The Labute approximate surface area is 113 Å². The van der Waals surface area contributed by atoms with Crippen LogP contribution < -0.4 is 16.4 Å². The summed E-state index contributed by atoms with van der Waals surface area (Å²) < 4.78 is 0. The van der Waals surface area contributed by atoms with E-state index in [0.717, 1.165) is 0 Å². The molecule has 0 aliphatic rings. The Bertz CT molecular complexity index is 447. The van der Waals surface area contributed by atoms with Crippen LogP contribution in [0.2, 0.25) is 0 Å². The van der Waals surface area contributed by atoms with Crippen molar-refractivity contribution in [3.63, 3.8) is 0 Å². The molecule has 0 unspecified atom stereocenters. The Morgan fingerprint density at radius 3 is 2.21 bits per heavy atom. The summed E-state index contributed by atoms with van der Waals surface area (Å²) >= 11 is 0. The van der Waals surface area contributed by atoms with Crippen molar-refractivity contribution < 1.29 is 9.59 Å². The maximum Gasteiger partial charge on any atom is 0.251 e. The number of hydrogen-bond donors (Lipinski definition) is 3. The third-order valence-corrected chi connectivity index (χ3v) is 2.52. The van der Waals surface area contributed by atoms with Crippen LogP contribution in [0.4, 0.5) is 5.69 Å². The van der Waals surface area contributed by atoms with Gasteiger partial charge < -0.3 is 16.4 Å². The third-order valence-electron chi connectivity index (χ3n) is 2.52. The molecule has 0 atom stereocenters. The molecule has 0 aliphatic heterocycles. The molecule has 1 rings (SSSR count). The van der Waals surface area contributed by atoms with Crippen molar-refractivity contribution in [2.24, 2.45) is 11.1 Å². The van der Waals surface area contributed by atoms with Crippen molar-refractivity contribution in [3.8, 4) is 0 Å². The summed E-state index contributed by atoms with van der Waals surface area (Å²) in [6.07, 6.45) is 0. The van der Waals surface area contributed by atoms with Gasteiger partial charge in [0.25, 0.3) is 5.91 Å². The Morgan fingerprint density at radius 2 is 1.74 bits per heavy atom. The molecule has 5 nitrogen and oxygen atoms in total. The van der Waals surface area contributed by atoms with Crippen LogP contribution in [-0.2, 0) is 4.79 Å². The molecule has 1 aromatic carbocycles. The van der Waals surface area contributed by atoms with E-state index in [9.17, 15) is 9.59 Å². The van der Waals surface area contributed by atoms with Gasteiger partial charge in [0.05, 0.1) is 0 Å². The molecule has 0 spiro atoms. The number of nitrogens with one attached hydrogen (secondary N) is 2. The van der Waals surface area contributed by atoms with Gasteiger partial charge in [-0.2, -0.15) is 0 Å². The Kier molecular flexibility index (Phi) is 5.06. The Hall–Kier alpha value is -1.88. The van der Waals surface area contributed by atoms with Gasteiger partial charge in [0.15, 0.2) is 0 Å². The van der Waals surface area contributed by atoms with Crippen LogP contribution in [0.3, 0.4) is 0 Å². The predicted molar refractivity (Wildman–Crippen MR) is 75.9 cm³/mol. The summed E-state index contributed by atoms with van der Waals surface area (Å²) in [6.45, 7) is 6.39. The van der Waals surface area contributed by atoms with Gasteiger partial charge in [0.1, 0.15) is 0 Å². The minimum atomic E-state index is -0.447. The number of anilines is 1. The fourth-order valence-corrected chi connectivity index (χ4v) is 1.31. The number of benzene rings is 1. The molecular weight excluding hydrogens is 242 g/mol. The van der Waals surface area contributed by atoms with Crippen molar-refractivity contribution in [1.29, 1.82) is 0 Å². The molecule has 0 heterocycles. The first-order valence-electron chi connectivity index (χ1n) is 6.24. The summed E-state index contributed by atoms with van der Waals surface area (Å²) in [5, 5.41) is 5.48. The standard InChI is InChI=1S/C14H21N3O2/c1-14(2,3)13(19)17-11-6-4-10(5-7-11)12(18)16-9-8-15/h4-7H,8-9,15H2,1-3H3,(H,16,18)(H,17,19). The van der Waals surface area contributed by atoms with Gasteiger partial charge in [0.2, 0.25) is 5.91 Å². The minimum Gasteiger partial charge on any atom is -0.351 e. The number of carbonyl (C=O) groups is 2. The maximum absolute atomic E-state index is 11.8. The van der Waals surface area contributed by atoms with Crippen molar-refractivity contribution in [3.05, 3.63) is 29.8 Å². The van der Waals surface area contributed by atoms with Gasteiger partial charge in [-0.15, -0.1) is 0 Å². The van der Waals surface area contributed by atoms with Crippen LogP contribution in [-0.4, -0.2) is 24.9 Å². The molecule has 4 N–H and O–H groups in total. The zero-order valence-corrected chi connectivity index (χ0v) is 11.6. The summed E-state index contributed by atoms with van der Waals surface area (Å²) in [4.78, 5) is 23.4. The number of rotatable bonds is 4. The molecule has 19 heavy (non-hydrogen) atoms. The lowest BCUT2D eigenvalue weighted by Crippen LogP contribution is -2.29. The van der Waals surface area contributed by atoms with Crippen LogP contribution in [0.15, 0.2) is 24.3 Å². The van der Waals surface area contributed by atoms with Crippen molar-refractivity contribution in [1.82, 2.24) is 5.32 Å². The van der Waals surface area contributed by atoms with Crippen LogP contribution in [0, 0.1) is 5.41 Å². The summed E-state index contributed by atoms with van der Waals surface area (Å²) in [5.41, 5.74) is 6.08. The van der Waals surface area contributed by atoms with E-state index >= 15 is 0 Å². The van der Waals surface area contributed by atoms with E-state index < -0.39 is 5.41 Å². The number of amides is 2. The molecule has 0 fully saturated rings. The van der Waals surface area contributed by atoms with Crippen LogP contribution >= 0.6 is 0 Å². The summed E-state index contributed by atoms with van der Waals surface area (Å²) in [7, 11) is 0. The lowest BCUT2D eigenvalue weighted by atomic mass is 9.95. The van der Waals surface area contributed by atoms with Crippen LogP contribution in [0.25, 0.3) is 0 Å². The fraction of sp³-hybridized carbons (Fsp3) is 0.429. The molecule has 5 heteroatoms. The molecule has 0 saturated heterocycles. The van der Waals surface area contributed by atoms with E-state index in [1.54, 1.807) is 24.3 Å². The normalized spacial score (nSPS) is 10.9. The molecule has 0 bridgehead atoms. The molecule has 2 amide bonds. The topological polar surface area (TPSA) is 84.2 Å². The monoisotopic (exact) mass is 263 g/mol. The predicted octanol–water partition coefficient (Wildman–Crippen LogP) is 1.36. The fourth-order valence-electron chi connectivity index (χ4n) is 1.31. The number of carbonyl (C=O) groups excluding carboxylic acids is 2. The van der Waals surface area contributed by atoms with E-state index in [0.29, 0.717) is 24.3 Å². The highest BCUT2D eigenvalue weighted by Gasteiger charge is 2.21. The molecule has 0 saturated carbocycles. The Balaban J connectivity index is 2.67. The maximum atomic E-state index is 11.8. The minimum absolute atomic E-state index is 0.0622. The van der Waals surface area contributed by atoms with Crippen LogP contribution in [0.1, 0.15) is 31.1 Å². The average Bonchev–Trinajstić information content (AvgIpc) is 2.35. The second-order valence-corrected chi connectivity index (χ2v) is 5.33. The smallest absolute Gasteiger partial charge is 0.251 e. The summed E-state index contributed by atoms with van der Waals surface area (Å²) in [6, 6.07) is 6.76. The van der Waals surface area contributed by atoms with Crippen molar-refractivity contribution in [2.75, 3.05) is 18.4 Å². The highest BCUT2D eigenvalue weighted by Crippen LogP contribution is 2.17. The van der Waals surface area contributed by atoms with E-state index in [1.807, 2.05) is 20.8 Å². The molecule has 1 aromatic rings. The first-order chi connectivity index (χ1) is 8.84. The molecule has 0 aromatic heterocycles. The van der Waals surface area contributed by atoms with E-state index in [2.05, 4.69) is 10.6 Å². The van der Waals surface area contributed by atoms with Crippen LogP contribution in [0.5, 0.6) is 0 Å². The van der Waals surface area contributed by atoms with Gasteiger partial charge in [-0.25, -0.2) is 0 Å². The van der Waals surface area contributed by atoms with Gasteiger partial charge in [0, 0.05) is 29.8 Å². The zero-order valence-electron chi connectivity index (χ0n) is 11.6. The van der Waals surface area contributed by atoms with Crippen molar-refractivity contribution in [2.45, 2.75) is 20.8 Å². The third kappa shape index (κ3) is 4.71. The van der Waals surface area contributed by atoms with Gasteiger partial charge in [-0.3, -0.25) is 9.59 Å². The van der Waals surface area contributed by atoms with E-state index in [1.165, 1.54) is 0 Å². The first kappa shape index (κ1) is 15.2. The van der Waals surface area contributed by atoms with E-state index in [-0.39, 0.29) is 11.8 Å². The molecule has 0 aliphatic carbocycles. The SMILES string of the molecule is CC(C)(C)C(=O)Nc1ccc(C(=O)NCCN)cc1. The second-order valence-electron chi connectivity index (χ2n) is 5.33. The second kappa shape index (κ2) is 6.33. The zero-order chi connectivity index (χ0) is 14.5. The van der Waals surface area contributed by atoms with E-state index in [4.69, 9.17) is 5.73 Å². The lowest BCUT2D eigenvalue weighted by molar-refractivity contribution is -0.123.